The van der Waals surface area contributed by atoms with Crippen molar-refractivity contribution in [1.82, 2.24) is 25.4 Å². The summed E-state index contributed by atoms with van der Waals surface area (Å²) in [6.45, 7) is 8.25. The summed E-state index contributed by atoms with van der Waals surface area (Å²) in [5.74, 6) is 1.60. The van der Waals surface area contributed by atoms with E-state index in [1.165, 1.54) is 16.7 Å². The predicted octanol–water partition coefficient (Wildman–Crippen LogP) is 3.76. The number of aliphatic imine (C=N–C) groups is 1. The second-order valence-corrected chi connectivity index (χ2v) is 6.43. The lowest BCUT2D eigenvalue weighted by molar-refractivity contribution is 0.756. The Kier molecular flexibility index (Phi) is 8.43. The van der Waals surface area contributed by atoms with Crippen LogP contribution < -0.4 is 10.6 Å². The molecule has 3 aromatic rings. The molecule has 0 aliphatic rings. The van der Waals surface area contributed by atoms with Crippen LogP contribution in [0.15, 0.2) is 59.9 Å². The lowest BCUT2D eigenvalue weighted by Crippen LogP contribution is -2.37. The second kappa shape index (κ2) is 10.8. The van der Waals surface area contributed by atoms with Crippen molar-refractivity contribution in [3.63, 3.8) is 0 Å². The summed E-state index contributed by atoms with van der Waals surface area (Å²) < 4.78 is 1.97. The van der Waals surface area contributed by atoms with Crippen molar-refractivity contribution in [3.8, 4) is 5.69 Å². The minimum atomic E-state index is 0. The molecule has 6 nitrogen and oxygen atoms in total. The number of benzene rings is 2. The summed E-state index contributed by atoms with van der Waals surface area (Å²) >= 11 is 0. The molecule has 0 atom stereocenters. The minimum absolute atomic E-state index is 0. The van der Waals surface area contributed by atoms with Crippen LogP contribution in [0.4, 0.5) is 0 Å². The van der Waals surface area contributed by atoms with Gasteiger partial charge in [-0.15, -0.1) is 34.2 Å². The first-order valence-corrected chi connectivity index (χ1v) is 9.20. The fourth-order valence-corrected chi connectivity index (χ4v) is 2.88. The van der Waals surface area contributed by atoms with Crippen LogP contribution in [0.25, 0.3) is 5.69 Å². The van der Waals surface area contributed by atoms with Crippen LogP contribution in [0.2, 0.25) is 0 Å². The Labute approximate surface area is 183 Å². The maximum atomic E-state index is 4.71. The number of hydrogen-bond donors (Lipinski definition) is 2. The molecule has 0 amide bonds. The zero-order chi connectivity index (χ0) is 19.1. The van der Waals surface area contributed by atoms with Crippen LogP contribution in [0.3, 0.4) is 0 Å². The van der Waals surface area contributed by atoms with Gasteiger partial charge in [-0.3, -0.25) is 4.57 Å². The smallest absolute Gasteiger partial charge is 0.191 e. The topological polar surface area (TPSA) is 67.1 Å². The van der Waals surface area contributed by atoms with Crippen molar-refractivity contribution >= 4 is 29.9 Å². The molecule has 0 saturated carbocycles. The number of aromatic nitrogens is 3. The number of hydrogen-bond acceptors (Lipinski definition) is 3. The number of nitrogens with one attached hydrogen (secondary N) is 2. The van der Waals surface area contributed by atoms with Crippen molar-refractivity contribution in [3.05, 3.63) is 77.4 Å². The molecule has 3 rings (SSSR count). The molecule has 1 heterocycles. The van der Waals surface area contributed by atoms with Crippen molar-refractivity contribution < 1.29 is 0 Å². The Morgan fingerprint density at radius 2 is 1.86 bits per heavy atom. The van der Waals surface area contributed by atoms with Crippen molar-refractivity contribution in [2.75, 3.05) is 6.54 Å². The van der Waals surface area contributed by atoms with Gasteiger partial charge in [-0.25, -0.2) is 4.99 Å². The Morgan fingerprint density at radius 1 is 1.07 bits per heavy atom. The van der Waals surface area contributed by atoms with Gasteiger partial charge in [0.15, 0.2) is 11.8 Å². The van der Waals surface area contributed by atoms with E-state index >= 15 is 0 Å². The van der Waals surface area contributed by atoms with E-state index < -0.39 is 0 Å². The van der Waals surface area contributed by atoms with Crippen LogP contribution in [-0.2, 0) is 13.1 Å². The first kappa shape index (κ1) is 21.9. The molecule has 0 aliphatic heterocycles. The molecule has 1 aromatic heterocycles. The summed E-state index contributed by atoms with van der Waals surface area (Å²) in [5.41, 5.74) is 4.80. The first-order valence-electron chi connectivity index (χ1n) is 9.20. The maximum absolute atomic E-state index is 4.71. The Bertz CT molecular complexity index is 904. The zero-order valence-corrected chi connectivity index (χ0v) is 18.8. The van der Waals surface area contributed by atoms with E-state index in [2.05, 4.69) is 59.8 Å². The first-order chi connectivity index (χ1) is 13.2. The largest absolute Gasteiger partial charge is 0.357 e. The summed E-state index contributed by atoms with van der Waals surface area (Å²) in [7, 11) is 0. The molecule has 2 N–H and O–H groups in total. The van der Waals surface area contributed by atoms with Crippen LogP contribution in [-0.4, -0.2) is 27.3 Å². The lowest BCUT2D eigenvalue weighted by Gasteiger charge is -2.12. The molecule has 0 fully saturated rings. The molecule has 28 heavy (non-hydrogen) atoms. The van der Waals surface area contributed by atoms with Gasteiger partial charge in [0.25, 0.3) is 0 Å². The van der Waals surface area contributed by atoms with Crippen molar-refractivity contribution in [1.29, 1.82) is 0 Å². The summed E-state index contributed by atoms with van der Waals surface area (Å²) in [6, 6.07) is 16.5. The van der Waals surface area contributed by atoms with Gasteiger partial charge in [-0.2, -0.15) is 0 Å². The Hall–Kier alpha value is -2.42. The van der Waals surface area contributed by atoms with Gasteiger partial charge in [0, 0.05) is 12.2 Å². The Morgan fingerprint density at radius 3 is 2.57 bits per heavy atom. The molecule has 2 aromatic carbocycles. The minimum Gasteiger partial charge on any atom is -0.357 e. The fourth-order valence-electron chi connectivity index (χ4n) is 2.88. The van der Waals surface area contributed by atoms with Crippen LogP contribution in [0.5, 0.6) is 0 Å². The van der Waals surface area contributed by atoms with E-state index in [9.17, 15) is 0 Å². The number of aryl methyl sites for hydroxylation is 2. The van der Waals surface area contributed by atoms with Gasteiger partial charge in [-0.1, -0.05) is 42.0 Å². The summed E-state index contributed by atoms with van der Waals surface area (Å²) in [6.07, 6.45) is 1.73. The summed E-state index contributed by atoms with van der Waals surface area (Å²) in [5, 5.41) is 14.9. The quantitative estimate of drug-likeness (QED) is 0.314. The van der Waals surface area contributed by atoms with Gasteiger partial charge in [-0.05, 0) is 44.0 Å². The Balaban J connectivity index is 0.00000280. The molecule has 0 spiro atoms. The van der Waals surface area contributed by atoms with Gasteiger partial charge in [0.05, 0.1) is 13.1 Å². The molecule has 0 radical (unpaired) electrons. The van der Waals surface area contributed by atoms with Gasteiger partial charge in [0.2, 0.25) is 0 Å². The molecule has 0 saturated heterocycles. The molecule has 7 heteroatoms. The molecule has 0 bridgehead atoms. The molecular weight excluding hydrogens is 463 g/mol. The lowest BCUT2D eigenvalue weighted by atomic mass is 10.1. The highest BCUT2D eigenvalue weighted by Gasteiger charge is 2.07. The van der Waals surface area contributed by atoms with Crippen molar-refractivity contribution in [2.24, 2.45) is 4.99 Å². The van der Waals surface area contributed by atoms with Crippen LogP contribution >= 0.6 is 24.0 Å². The highest BCUT2D eigenvalue weighted by Crippen LogP contribution is 2.12. The van der Waals surface area contributed by atoms with Crippen LogP contribution in [0, 0.1) is 13.8 Å². The average Bonchev–Trinajstić information content (AvgIpc) is 3.14. The van der Waals surface area contributed by atoms with E-state index in [1.807, 2.05) is 34.9 Å². The standard InChI is InChI=1S/C21H26N6.HI/c1-4-22-21(23-13-18-11-10-16(2)12-17(18)3)24-14-20-26-25-15-27(20)19-8-6-5-7-9-19;/h5-12,15H,4,13-14H2,1-3H3,(H2,22,23,24);1H. The van der Waals surface area contributed by atoms with Gasteiger partial charge < -0.3 is 10.6 Å². The SMILES string of the molecule is CCNC(=NCc1ccc(C)cc1C)NCc1nncn1-c1ccccc1.I. The van der Waals surface area contributed by atoms with Crippen molar-refractivity contribution in [2.45, 2.75) is 33.9 Å². The number of nitrogens with zero attached hydrogens (tertiary/aromatic N) is 4. The fraction of sp³-hybridized carbons (Fsp3) is 0.286. The number of rotatable bonds is 6. The molecular formula is C21H27IN6. The molecule has 0 unspecified atom stereocenters. The predicted molar refractivity (Wildman–Crippen MR) is 124 cm³/mol. The third-order valence-corrected chi connectivity index (χ3v) is 4.32. The van der Waals surface area contributed by atoms with E-state index in [-0.39, 0.29) is 24.0 Å². The number of para-hydroxylation sites is 1. The van der Waals surface area contributed by atoms with Gasteiger partial charge in [0.1, 0.15) is 6.33 Å². The van der Waals surface area contributed by atoms with E-state index in [1.54, 1.807) is 6.33 Å². The maximum Gasteiger partial charge on any atom is 0.191 e. The second-order valence-electron chi connectivity index (χ2n) is 6.43. The monoisotopic (exact) mass is 490 g/mol. The normalized spacial score (nSPS) is 11.0. The number of halogens is 1. The number of guanidine groups is 1. The van der Waals surface area contributed by atoms with Gasteiger partial charge >= 0.3 is 0 Å². The van der Waals surface area contributed by atoms with E-state index in [4.69, 9.17) is 4.99 Å². The summed E-state index contributed by atoms with van der Waals surface area (Å²) in [4.78, 5) is 4.71. The highest BCUT2D eigenvalue weighted by molar-refractivity contribution is 14.0. The molecule has 148 valence electrons. The van der Waals surface area contributed by atoms with Crippen LogP contribution in [0.1, 0.15) is 29.4 Å². The van der Waals surface area contributed by atoms with E-state index in [0.29, 0.717) is 13.1 Å². The highest BCUT2D eigenvalue weighted by atomic mass is 127. The average molecular weight is 490 g/mol. The third-order valence-electron chi connectivity index (χ3n) is 4.32. The third kappa shape index (κ3) is 5.79. The molecule has 0 aliphatic carbocycles. The zero-order valence-electron chi connectivity index (χ0n) is 16.5. The van der Waals surface area contributed by atoms with E-state index in [0.717, 1.165) is 24.0 Å².